The highest BCUT2D eigenvalue weighted by molar-refractivity contribution is 5.97. The number of nitrogens with one attached hydrogen (secondary N) is 2. The zero-order chi connectivity index (χ0) is 27.4. The van der Waals surface area contributed by atoms with Gasteiger partial charge >= 0.3 is 0 Å². The molecule has 5 aliphatic rings. The van der Waals surface area contributed by atoms with E-state index >= 15 is 0 Å². The number of likely N-dealkylation sites (tertiary alicyclic amines) is 1. The molecule has 4 fully saturated rings. The number of H-pyrrole nitrogens is 1. The van der Waals surface area contributed by atoms with Crippen LogP contribution in [0.3, 0.4) is 0 Å². The third-order valence-corrected chi connectivity index (χ3v) is 9.92. The Bertz CT molecular complexity index is 1390. The number of benzene rings is 1. The van der Waals surface area contributed by atoms with Gasteiger partial charge in [0.25, 0.3) is 11.8 Å². The van der Waals surface area contributed by atoms with Crippen LogP contribution in [0.15, 0.2) is 24.4 Å². The van der Waals surface area contributed by atoms with Crippen LogP contribution < -0.4 is 5.32 Å². The van der Waals surface area contributed by atoms with E-state index in [9.17, 15) is 19.5 Å². The molecule has 7 atom stereocenters. The van der Waals surface area contributed by atoms with Gasteiger partial charge in [0.15, 0.2) is 0 Å². The number of likely N-dealkylation sites (N-methyl/N-ethyl adjacent to an activating group) is 1. The average molecular weight is 536 g/mol. The van der Waals surface area contributed by atoms with Crippen LogP contribution in [-0.2, 0) is 25.5 Å². The van der Waals surface area contributed by atoms with Crippen molar-refractivity contribution in [1.29, 1.82) is 0 Å². The van der Waals surface area contributed by atoms with Crippen LogP contribution in [0.2, 0.25) is 0 Å². The summed E-state index contributed by atoms with van der Waals surface area (Å²) in [5.41, 5.74) is 1.92. The fourth-order valence-electron chi connectivity index (χ4n) is 8.16. The van der Waals surface area contributed by atoms with Gasteiger partial charge in [-0.05, 0) is 62.8 Å². The number of rotatable bonds is 3. The van der Waals surface area contributed by atoms with Crippen LogP contribution >= 0.6 is 0 Å². The third-order valence-electron chi connectivity index (χ3n) is 9.92. The minimum Gasteiger partial charge on any atom is -0.361 e. The molecular weight excluding hydrogens is 498 g/mol. The lowest BCUT2D eigenvalue weighted by Crippen LogP contribution is -2.72. The first-order chi connectivity index (χ1) is 18.5. The van der Waals surface area contributed by atoms with Gasteiger partial charge < -0.3 is 25.2 Å². The normalized spacial score (nSPS) is 37.8. The van der Waals surface area contributed by atoms with Crippen molar-refractivity contribution in [2.45, 2.75) is 82.1 Å². The van der Waals surface area contributed by atoms with Crippen molar-refractivity contribution in [2.75, 3.05) is 20.1 Å². The molecular formula is C29H37N5O5. The van der Waals surface area contributed by atoms with Crippen molar-refractivity contribution < 1.29 is 24.2 Å². The van der Waals surface area contributed by atoms with Crippen LogP contribution in [0.1, 0.15) is 57.1 Å². The number of carbonyl (C=O) groups excluding carboxylic acids is 3. The van der Waals surface area contributed by atoms with Gasteiger partial charge in [-0.25, -0.2) is 0 Å². The van der Waals surface area contributed by atoms with Crippen molar-refractivity contribution in [1.82, 2.24) is 25.0 Å². The predicted octanol–water partition coefficient (Wildman–Crippen LogP) is 1.49. The maximum Gasteiger partial charge on any atom is 0.280 e. The van der Waals surface area contributed by atoms with Gasteiger partial charge in [-0.15, -0.1) is 0 Å². The molecule has 0 bridgehead atoms. The Morgan fingerprint density at radius 1 is 1.28 bits per heavy atom. The number of aromatic nitrogens is 1. The Morgan fingerprint density at radius 3 is 2.85 bits per heavy atom. The van der Waals surface area contributed by atoms with Crippen molar-refractivity contribution in [3.8, 4) is 0 Å². The van der Waals surface area contributed by atoms with E-state index in [0.717, 1.165) is 18.4 Å². The number of aliphatic hydroxyl groups is 1. The molecule has 208 valence electrons. The zero-order valence-corrected chi connectivity index (χ0v) is 22.9. The summed E-state index contributed by atoms with van der Waals surface area (Å²) in [5.74, 6) is -3.40. The van der Waals surface area contributed by atoms with Gasteiger partial charge in [0.2, 0.25) is 17.5 Å². The molecule has 0 saturated carbocycles. The highest BCUT2D eigenvalue weighted by atomic mass is 16.7. The van der Waals surface area contributed by atoms with Gasteiger partial charge in [-0.3, -0.25) is 24.0 Å². The molecule has 3 amide bonds. The van der Waals surface area contributed by atoms with Crippen LogP contribution in [0.25, 0.3) is 10.9 Å². The number of aromatic amines is 1. The lowest BCUT2D eigenvalue weighted by atomic mass is 9.72. The summed E-state index contributed by atoms with van der Waals surface area (Å²) in [7, 11) is 2.06. The van der Waals surface area contributed by atoms with Crippen LogP contribution in [0.4, 0.5) is 0 Å². The summed E-state index contributed by atoms with van der Waals surface area (Å²) < 4.78 is 6.16. The Labute approximate surface area is 227 Å². The lowest BCUT2D eigenvalue weighted by Gasteiger charge is -2.49. The molecule has 0 radical (unpaired) electrons. The van der Waals surface area contributed by atoms with E-state index < -0.39 is 29.6 Å². The van der Waals surface area contributed by atoms with E-state index in [-0.39, 0.29) is 29.6 Å². The number of carbonyl (C=O) groups is 3. The van der Waals surface area contributed by atoms with E-state index in [4.69, 9.17) is 4.74 Å². The van der Waals surface area contributed by atoms with E-state index in [1.54, 1.807) is 4.90 Å². The maximum atomic E-state index is 13.9. The number of hydrogen-bond donors (Lipinski definition) is 3. The largest absolute Gasteiger partial charge is 0.361 e. The predicted molar refractivity (Wildman–Crippen MR) is 142 cm³/mol. The molecule has 0 spiro atoms. The Balaban J connectivity index is 1.17. The summed E-state index contributed by atoms with van der Waals surface area (Å²) in [4.78, 5) is 49.6. The van der Waals surface area contributed by atoms with E-state index in [0.29, 0.717) is 32.0 Å². The molecule has 5 heterocycles. The molecule has 1 unspecified atom stereocenters. The fourth-order valence-corrected chi connectivity index (χ4v) is 8.16. The first kappa shape index (κ1) is 25.0. The summed E-state index contributed by atoms with van der Waals surface area (Å²) in [6.45, 7) is 6.31. The van der Waals surface area contributed by atoms with Crippen LogP contribution in [0, 0.1) is 11.8 Å². The molecule has 4 aliphatic heterocycles. The van der Waals surface area contributed by atoms with Gasteiger partial charge in [-0.1, -0.05) is 26.0 Å². The van der Waals surface area contributed by atoms with E-state index in [1.165, 1.54) is 28.3 Å². The van der Waals surface area contributed by atoms with Gasteiger partial charge in [0, 0.05) is 42.1 Å². The second-order valence-corrected chi connectivity index (χ2v) is 12.7. The minimum atomic E-state index is -1.98. The van der Waals surface area contributed by atoms with Crippen molar-refractivity contribution in [3.05, 3.63) is 35.5 Å². The third kappa shape index (κ3) is 3.34. The quantitative estimate of drug-likeness (QED) is 0.548. The second-order valence-electron chi connectivity index (χ2n) is 12.7. The Kier molecular flexibility index (Phi) is 5.32. The average Bonchev–Trinajstić information content (AvgIpc) is 3.59. The number of ether oxygens (including phenoxy) is 1. The fraction of sp³-hybridized carbons (Fsp3) is 0.621. The minimum absolute atomic E-state index is 0.166. The smallest absolute Gasteiger partial charge is 0.280 e. The molecule has 39 heavy (non-hydrogen) atoms. The molecule has 10 nitrogen and oxygen atoms in total. The monoisotopic (exact) mass is 535 g/mol. The topological polar surface area (TPSA) is 118 Å². The lowest BCUT2D eigenvalue weighted by molar-refractivity contribution is -0.317. The molecule has 7 rings (SSSR count). The molecule has 2 aromatic rings. The summed E-state index contributed by atoms with van der Waals surface area (Å²) in [6.07, 6.45) is 4.94. The number of hydrogen-bond acceptors (Lipinski definition) is 6. The van der Waals surface area contributed by atoms with Crippen LogP contribution in [-0.4, -0.2) is 92.4 Å². The number of piperazine rings is 1. The summed E-state index contributed by atoms with van der Waals surface area (Å²) >= 11 is 0. The first-order valence-corrected chi connectivity index (χ1v) is 14.2. The molecule has 1 aromatic carbocycles. The summed E-state index contributed by atoms with van der Waals surface area (Å²) in [6, 6.07) is 5.11. The van der Waals surface area contributed by atoms with Gasteiger partial charge in [0.05, 0.1) is 5.92 Å². The maximum absolute atomic E-state index is 13.9. The van der Waals surface area contributed by atoms with Crippen molar-refractivity contribution in [2.24, 2.45) is 11.8 Å². The van der Waals surface area contributed by atoms with Crippen molar-refractivity contribution >= 4 is 28.6 Å². The Morgan fingerprint density at radius 2 is 2.08 bits per heavy atom. The van der Waals surface area contributed by atoms with Crippen molar-refractivity contribution in [3.63, 3.8) is 0 Å². The number of fused-ring (bicyclic) bond motifs is 5. The second kappa shape index (κ2) is 8.28. The molecule has 4 saturated heterocycles. The molecule has 1 aromatic heterocycles. The van der Waals surface area contributed by atoms with Crippen LogP contribution in [0.5, 0.6) is 0 Å². The Hall–Kier alpha value is -2.95. The highest BCUT2D eigenvalue weighted by Crippen LogP contribution is 2.47. The standard InChI is InChI=1S/C29H37N5O5/c1-15(2)24-26(36)33-10-6-9-22(33)29(38)34(24)27(37)28(3,39-29)31-25(35)17-11-19-18-7-5-8-20-23(18)16(13-30-20)12-21(19)32(4)14-17/h5,7-8,13,15,17,19,21-22,24,30,38H,6,9-12,14H2,1-4H3,(H,31,35)/t17-,19?,21-,22+,24+,28-,29+/m1/s1. The van der Waals surface area contributed by atoms with Gasteiger partial charge in [0.1, 0.15) is 12.1 Å². The SMILES string of the molecule is CC(C)[C@H]1C(=O)N2CCC[C@H]2[C@]2(O)O[C@@](C)(NC(=O)[C@@H]3CC4c5cccc6[nH]cc(c56)C[C@H]4N(C)C3)C(=O)N12. The zero-order valence-electron chi connectivity index (χ0n) is 22.9. The first-order valence-electron chi connectivity index (χ1n) is 14.2. The van der Waals surface area contributed by atoms with E-state index in [1.807, 2.05) is 13.8 Å². The number of nitrogens with zero attached hydrogens (tertiary/aromatic N) is 3. The number of piperidine rings is 1. The molecule has 3 N–H and O–H groups in total. The molecule has 1 aliphatic carbocycles. The molecule has 10 heteroatoms. The summed E-state index contributed by atoms with van der Waals surface area (Å²) in [5, 5.41) is 16.0. The number of amides is 3. The van der Waals surface area contributed by atoms with Gasteiger partial charge in [-0.2, -0.15) is 0 Å². The van der Waals surface area contributed by atoms with E-state index in [2.05, 4.69) is 46.6 Å². The highest BCUT2D eigenvalue weighted by Gasteiger charge is 2.70.